The fraction of sp³-hybridized carbons (Fsp3) is 0.0400. The lowest BCUT2D eigenvalue weighted by Gasteiger charge is -2.12. The van der Waals surface area contributed by atoms with Crippen molar-refractivity contribution in [3.8, 4) is 11.1 Å². The van der Waals surface area contributed by atoms with Gasteiger partial charge in [0.05, 0.1) is 10.6 Å². The van der Waals surface area contributed by atoms with Crippen molar-refractivity contribution in [1.29, 1.82) is 0 Å². The van der Waals surface area contributed by atoms with Crippen LogP contribution in [0.15, 0.2) is 88.1 Å². The molecule has 4 rings (SSSR count). The molecule has 178 valence electrons. The van der Waals surface area contributed by atoms with E-state index in [0.717, 1.165) is 5.39 Å². The minimum atomic E-state index is -1.84. The van der Waals surface area contributed by atoms with Crippen molar-refractivity contribution in [2.45, 2.75) is 11.8 Å². The highest BCUT2D eigenvalue weighted by Gasteiger charge is 2.17. The topological polar surface area (TPSA) is 120 Å². The maximum Gasteiger partial charge on any atom is 0.284 e. The summed E-state index contributed by atoms with van der Waals surface area (Å²) in [5.41, 5.74) is 8.32. The van der Waals surface area contributed by atoms with Crippen LogP contribution < -0.4 is 16.9 Å². The van der Waals surface area contributed by atoms with E-state index in [2.05, 4.69) is 30.5 Å². The SMILES string of the molecule is C/C(=C(\F)C(=O)Nc1ccc(-c2ccccc2S(=O)ON)cc1Br)c1ccc2ccnc(N)c2c1. The van der Waals surface area contributed by atoms with Crippen LogP contribution in [0.1, 0.15) is 12.5 Å². The summed E-state index contributed by atoms with van der Waals surface area (Å²) in [5, 5.41) is 4.12. The standard InChI is InChI=1S/C25H20BrFN4O3S/c1-14(16-7-6-15-10-11-30-24(28)19(15)12-16)23(27)25(32)31-21-9-8-17(13-20(21)26)18-4-2-3-5-22(18)35(33)34-29/h2-13H,29H2,1H3,(H2,28,30)(H,31,32)/b23-14+. The Bertz CT molecular complexity index is 1510. The molecule has 0 saturated heterocycles. The molecule has 4 aromatic rings. The van der Waals surface area contributed by atoms with Crippen molar-refractivity contribution >= 4 is 60.8 Å². The van der Waals surface area contributed by atoms with E-state index in [-0.39, 0.29) is 5.57 Å². The van der Waals surface area contributed by atoms with E-state index in [4.69, 9.17) is 11.6 Å². The number of nitrogens with zero attached hydrogens (tertiary/aromatic N) is 1. The second-order valence-corrected chi connectivity index (χ2v) is 9.50. The molecular weight excluding hydrogens is 535 g/mol. The van der Waals surface area contributed by atoms with Gasteiger partial charge in [-0.15, -0.1) is 0 Å². The van der Waals surface area contributed by atoms with Crippen molar-refractivity contribution in [2.24, 2.45) is 5.90 Å². The molecule has 1 atom stereocenters. The molecule has 1 amide bonds. The minimum absolute atomic E-state index is 0.165. The molecule has 0 saturated carbocycles. The Kier molecular flexibility index (Phi) is 7.37. The summed E-state index contributed by atoms with van der Waals surface area (Å²) in [4.78, 5) is 17.1. The number of hydrogen-bond acceptors (Lipinski definition) is 6. The summed E-state index contributed by atoms with van der Waals surface area (Å²) in [6.07, 6.45) is 1.60. The zero-order valence-electron chi connectivity index (χ0n) is 18.4. The average Bonchev–Trinajstić information content (AvgIpc) is 2.88. The van der Waals surface area contributed by atoms with Gasteiger partial charge in [-0.2, -0.15) is 10.2 Å². The first-order valence-corrected chi connectivity index (χ1v) is 12.2. The van der Waals surface area contributed by atoms with Gasteiger partial charge in [-0.25, -0.2) is 13.6 Å². The van der Waals surface area contributed by atoms with Crippen LogP contribution in [0, 0.1) is 0 Å². The van der Waals surface area contributed by atoms with E-state index < -0.39 is 22.8 Å². The second-order valence-electron chi connectivity index (χ2n) is 7.55. The number of nitrogen functional groups attached to an aromatic ring is 1. The van der Waals surface area contributed by atoms with Gasteiger partial charge in [0.2, 0.25) is 11.1 Å². The normalized spacial score (nSPS) is 12.8. The van der Waals surface area contributed by atoms with Crippen LogP contribution >= 0.6 is 15.9 Å². The van der Waals surface area contributed by atoms with Gasteiger partial charge in [-0.05, 0) is 75.3 Å². The number of anilines is 2. The molecule has 5 N–H and O–H groups in total. The Morgan fingerprint density at radius 3 is 2.63 bits per heavy atom. The largest absolute Gasteiger partial charge is 0.383 e. The van der Waals surface area contributed by atoms with E-state index in [1.165, 1.54) is 6.92 Å². The summed E-state index contributed by atoms with van der Waals surface area (Å²) in [5.74, 6) is 3.59. The molecule has 1 heterocycles. The van der Waals surface area contributed by atoms with Crippen LogP contribution in [0.5, 0.6) is 0 Å². The van der Waals surface area contributed by atoms with Crippen molar-refractivity contribution in [3.05, 3.63) is 88.8 Å². The van der Waals surface area contributed by atoms with Crippen LogP contribution in [0.3, 0.4) is 0 Å². The lowest BCUT2D eigenvalue weighted by Crippen LogP contribution is -2.13. The summed E-state index contributed by atoms with van der Waals surface area (Å²) in [6.45, 7) is 1.53. The number of amides is 1. The van der Waals surface area contributed by atoms with Crippen LogP contribution in [0.2, 0.25) is 0 Å². The van der Waals surface area contributed by atoms with Gasteiger partial charge in [-0.1, -0.05) is 36.4 Å². The highest BCUT2D eigenvalue weighted by molar-refractivity contribution is 9.10. The lowest BCUT2D eigenvalue weighted by atomic mass is 10.0. The number of benzene rings is 3. The predicted molar refractivity (Wildman–Crippen MR) is 140 cm³/mol. The number of carbonyl (C=O) groups excluding carboxylic acids is 1. The summed E-state index contributed by atoms with van der Waals surface area (Å²) in [7, 11) is 0. The number of rotatable bonds is 6. The van der Waals surface area contributed by atoms with Gasteiger partial charge in [0.25, 0.3) is 5.91 Å². The van der Waals surface area contributed by atoms with Crippen LogP contribution in [-0.2, 0) is 20.2 Å². The van der Waals surface area contributed by atoms with Crippen molar-refractivity contribution in [3.63, 3.8) is 0 Å². The Balaban J connectivity index is 1.60. The molecular formula is C25H20BrFN4O3S. The first kappa shape index (κ1) is 24.7. The van der Waals surface area contributed by atoms with Gasteiger partial charge in [0.1, 0.15) is 5.82 Å². The number of hydrogen-bond donors (Lipinski definition) is 3. The van der Waals surface area contributed by atoms with E-state index in [9.17, 15) is 9.00 Å². The molecule has 10 heteroatoms. The van der Waals surface area contributed by atoms with E-state index in [1.54, 1.807) is 72.9 Å². The van der Waals surface area contributed by atoms with Gasteiger partial charge in [0, 0.05) is 21.6 Å². The number of pyridine rings is 1. The summed E-state index contributed by atoms with van der Waals surface area (Å²) < 4.78 is 32.1. The third-order valence-corrected chi connectivity index (χ3v) is 6.99. The van der Waals surface area contributed by atoms with Crippen LogP contribution in [0.25, 0.3) is 27.5 Å². The number of fused-ring (bicyclic) bond motifs is 1. The molecule has 0 radical (unpaired) electrons. The maximum absolute atomic E-state index is 15.1. The van der Waals surface area contributed by atoms with Gasteiger partial charge in [-0.3, -0.25) is 4.79 Å². The first-order chi connectivity index (χ1) is 16.8. The van der Waals surface area contributed by atoms with Gasteiger partial charge < -0.3 is 11.1 Å². The number of carbonyl (C=O) groups is 1. The lowest BCUT2D eigenvalue weighted by molar-refractivity contribution is -0.114. The molecule has 0 bridgehead atoms. The molecule has 0 aliphatic rings. The minimum Gasteiger partial charge on any atom is -0.383 e. The molecule has 0 aliphatic heterocycles. The number of allylic oxidation sites excluding steroid dienone is 1. The fourth-order valence-electron chi connectivity index (χ4n) is 3.58. The molecule has 0 spiro atoms. The molecule has 3 aromatic carbocycles. The smallest absolute Gasteiger partial charge is 0.284 e. The average molecular weight is 555 g/mol. The van der Waals surface area contributed by atoms with E-state index in [1.807, 2.05) is 0 Å². The van der Waals surface area contributed by atoms with E-state index >= 15 is 4.39 Å². The fourth-order valence-corrected chi connectivity index (χ4v) is 4.72. The quantitative estimate of drug-likeness (QED) is 0.214. The van der Waals surface area contributed by atoms with Crippen LogP contribution in [-0.4, -0.2) is 15.1 Å². The van der Waals surface area contributed by atoms with Crippen LogP contribution in [0.4, 0.5) is 15.9 Å². The predicted octanol–water partition coefficient (Wildman–Crippen LogP) is 5.50. The molecule has 35 heavy (non-hydrogen) atoms. The molecule has 7 nitrogen and oxygen atoms in total. The Labute approximate surface area is 211 Å². The molecule has 1 unspecified atom stereocenters. The van der Waals surface area contributed by atoms with Gasteiger partial charge in [0.15, 0.2) is 5.83 Å². The first-order valence-electron chi connectivity index (χ1n) is 10.3. The summed E-state index contributed by atoms with van der Waals surface area (Å²) in [6, 6.07) is 19.0. The maximum atomic E-state index is 15.1. The monoisotopic (exact) mass is 554 g/mol. The Morgan fingerprint density at radius 2 is 1.89 bits per heavy atom. The zero-order valence-corrected chi connectivity index (χ0v) is 20.8. The van der Waals surface area contributed by atoms with Crippen molar-refractivity contribution in [2.75, 3.05) is 11.1 Å². The molecule has 0 aliphatic carbocycles. The van der Waals surface area contributed by atoms with Crippen molar-refractivity contribution in [1.82, 2.24) is 4.98 Å². The molecule has 1 aromatic heterocycles. The number of halogens is 2. The summed E-state index contributed by atoms with van der Waals surface area (Å²) >= 11 is 1.57. The third-order valence-electron chi connectivity index (χ3n) is 5.44. The van der Waals surface area contributed by atoms with Crippen molar-refractivity contribution < 1.29 is 17.7 Å². The Morgan fingerprint density at radius 1 is 1.11 bits per heavy atom. The second kappa shape index (κ2) is 10.4. The van der Waals surface area contributed by atoms with E-state index in [0.29, 0.717) is 43.0 Å². The third kappa shape index (κ3) is 5.15. The zero-order chi connectivity index (χ0) is 25.1. The van der Waals surface area contributed by atoms with Gasteiger partial charge >= 0.3 is 0 Å². The number of nitrogens with two attached hydrogens (primary N) is 2. The number of aromatic nitrogens is 1. The highest BCUT2D eigenvalue weighted by atomic mass is 79.9. The molecule has 0 fully saturated rings. The number of nitrogens with one attached hydrogen (secondary N) is 1. The Hall–Kier alpha value is -3.44. The highest BCUT2D eigenvalue weighted by Crippen LogP contribution is 2.33.